The lowest BCUT2D eigenvalue weighted by Gasteiger charge is -2.32. The van der Waals surface area contributed by atoms with Crippen LogP contribution in [0.15, 0.2) is 243 Å². The van der Waals surface area contributed by atoms with Crippen molar-refractivity contribution >= 4 is 97.1 Å². The van der Waals surface area contributed by atoms with Gasteiger partial charge in [0.05, 0.1) is 11.4 Å². The molecular weight excluding hydrogens is 1080 g/mol. The van der Waals surface area contributed by atoms with Crippen LogP contribution in [0.1, 0.15) is 72.2 Å². The molecule has 0 saturated carbocycles. The fraction of sp³-hybridized carbons (Fsp3) is 0.122. The van der Waals surface area contributed by atoms with Gasteiger partial charge in [0.1, 0.15) is 0 Å². The largest absolute Gasteiger partial charge is 0.309 e. The lowest BCUT2D eigenvalue weighted by atomic mass is 9.82. The van der Waals surface area contributed by atoms with E-state index in [-0.39, 0.29) is 10.8 Å². The van der Waals surface area contributed by atoms with Crippen LogP contribution in [-0.2, 0) is 10.8 Å². The van der Waals surface area contributed by atoms with Crippen LogP contribution in [0.3, 0.4) is 0 Å². The highest BCUT2D eigenvalue weighted by Crippen LogP contribution is 2.55. The second kappa shape index (κ2) is 19.6. The smallest absolute Gasteiger partial charge is 0.0569 e. The lowest BCUT2D eigenvalue weighted by molar-refractivity contribution is 0.660. The molecule has 16 rings (SSSR count). The zero-order chi connectivity index (χ0) is 58.3. The molecule has 2 heterocycles. The predicted octanol–water partition coefficient (Wildman–Crippen LogP) is 24.2. The third kappa shape index (κ3) is 8.03. The number of hydrogen-bond acceptors (Lipinski definition) is 4. The molecule has 0 N–H and O–H groups in total. The standard InChI is InChI=1S/C82H64N2S2/c1-49-19-17-25-59(55-33-41-77-67(45-55)65-23-11-15-29-75(65)85-77)79(49)83(57-35-37-63-61-21-9-13-27-69(61)81(5,6)71(63)47-57)73-39-31-53(43-51(73)3)54-32-40-74(52(4)44-54)84(58-36-38-64-62-22-10-14-28-70(62)82(7,8)72(64)48-58)80-50(2)20-18-26-60(80)56-34-42-78-68(46-56)66-24-12-16-30-76(66)86-78/h9-48H,1-8H3. The maximum Gasteiger partial charge on any atom is 0.0569 e. The normalized spacial score (nSPS) is 13.5. The summed E-state index contributed by atoms with van der Waals surface area (Å²) in [5.74, 6) is 0. The van der Waals surface area contributed by atoms with E-state index in [0.717, 1.165) is 22.7 Å². The van der Waals surface area contributed by atoms with Gasteiger partial charge in [0.2, 0.25) is 0 Å². The third-order valence-corrected chi connectivity index (χ3v) is 21.5. The predicted molar refractivity (Wildman–Crippen MR) is 372 cm³/mol. The Kier molecular flexibility index (Phi) is 11.9. The summed E-state index contributed by atoms with van der Waals surface area (Å²) in [7, 11) is 0. The first-order valence-electron chi connectivity index (χ1n) is 30.1. The third-order valence-electron chi connectivity index (χ3n) is 19.2. The molecule has 4 heteroatoms. The maximum atomic E-state index is 2.56. The van der Waals surface area contributed by atoms with Gasteiger partial charge in [-0.1, -0.05) is 185 Å². The molecule has 14 aromatic rings. The quantitative estimate of drug-likeness (QED) is 0.142. The van der Waals surface area contributed by atoms with Crippen LogP contribution < -0.4 is 9.80 Å². The Bertz CT molecular complexity index is 4820. The van der Waals surface area contributed by atoms with E-state index >= 15 is 0 Å². The summed E-state index contributed by atoms with van der Waals surface area (Å²) in [6, 6.07) is 92.0. The molecule has 0 aliphatic heterocycles. The van der Waals surface area contributed by atoms with Gasteiger partial charge in [0.15, 0.2) is 0 Å². The van der Waals surface area contributed by atoms with Crippen molar-refractivity contribution in [3.63, 3.8) is 0 Å². The average molecular weight is 1140 g/mol. The van der Waals surface area contributed by atoms with Crippen LogP contribution in [0.25, 0.3) is 96.0 Å². The molecule has 0 amide bonds. The Labute approximate surface area is 512 Å². The number of para-hydroxylation sites is 2. The van der Waals surface area contributed by atoms with Crippen LogP contribution in [0.5, 0.6) is 0 Å². The van der Waals surface area contributed by atoms with E-state index in [2.05, 4.69) is 308 Å². The molecular formula is C82H64N2S2. The Morgan fingerprint density at radius 3 is 1.08 bits per heavy atom. The van der Waals surface area contributed by atoms with Gasteiger partial charge >= 0.3 is 0 Å². The number of anilines is 6. The zero-order valence-electron chi connectivity index (χ0n) is 49.8. The summed E-state index contributed by atoms with van der Waals surface area (Å²) in [4.78, 5) is 5.11. The number of thiophene rings is 2. The molecule has 0 radical (unpaired) electrons. The summed E-state index contributed by atoms with van der Waals surface area (Å²) in [6.07, 6.45) is 0. The molecule has 0 saturated heterocycles. The van der Waals surface area contributed by atoms with Gasteiger partial charge < -0.3 is 9.80 Å². The Morgan fingerprint density at radius 1 is 0.267 bits per heavy atom. The van der Waals surface area contributed by atoms with Crippen molar-refractivity contribution in [2.75, 3.05) is 9.80 Å². The number of rotatable bonds is 9. The molecule has 0 fully saturated rings. The summed E-state index contributed by atoms with van der Waals surface area (Å²) < 4.78 is 5.25. The van der Waals surface area contributed by atoms with Crippen LogP contribution in [0.2, 0.25) is 0 Å². The zero-order valence-corrected chi connectivity index (χ0v) is 51.4. The monoisotopic (exact) mass is 1140 g/mol. The van der Waals surface area contributed by atoms with Gasteiger partial charge in [-0.2, -0.15) is 0 Å². The van der Waals surface area contributed by atoms with E-state index in [1.807, 2.05) is 22.7 Å². The van der Waals surface area contributed by atoms with E-state index in [1.165, 1.54) is 152 Å². The molecule has 2 aliphatic rings. The van der Waals surface area contributed by atoms with Crippen LogP contribution in [0.4, 0.5) is 34.1 Å². The number of benzene rings is 12. The second-order valence-corrected chi connectivity index (χ2v) is 27.2. The van der Waals surface area contributed by atoms with Crippen molar-refractivity contribution in [1.82, 2.24) is 0 Å². The molecule has 2 aliphatic carbocycles. The van der Waals surface area contributed by atoms with Gasteiger partial charge in [-0.3, -0.25) is 0 Å². The molecule has 414 valence electrons. The van der Waals surface area contributed by atoms with Crippen molar-refractivity contribution in [2.24, 2.45) is 0 Å². The Balaban J connectivity index is 0.839. The molecule has 0 unspecified atom stereocenters. The highest BCUT2D eigenvalue weighted by molar-refractivity contribution is 7.26. The number of aryl methyl sites for hydroxylation is 4. The van der Waals surface area contributed by atoms with E-state index < -0.39 is 0 Å². The Hall–Kier alpha value is -9.32. The summed E-state index contributed by atoms with van der Waals surface area (Å²) in [6.45, 7) is 18.7. The van der Waals surface area contributed by atoms with E-state index in [1.54, 1.807) is 0 Å². The first kappa shape index (κ1) is 52.3. The minimum Gasteiger partial charge on any atom is -0.309 e. The second-order valence-electron chi connectivity index (χ2n) is 25.0. The first-order chi connectivity index (χ1) is 41.8. The van der Waals surface area contributed by atoms with Gasteiger partial charge in [0, 0.05) is 85.1 Å². The molecule has 0 atom stereocenters. The van der Waals surface area contributed by atoms with Crippen LogP contribution in [-0.4, -0.2) is 0 Å². The van der Waals surface area contributed by atoms with E-state index in [0.29, 0.717) is 0 Å². The molecule has 0 spiro atoms. The molecule has 86 heavy (non-hydrogen) atoms. The molecule has 2 nitrogen and oxygen atoms in total. The summed E-state index contributed by atoms with van der Waals surface area (Å²) >= 11 is 3.74. The summed E-state index contributed by atoms with van der Waals surface area (Å²) in [5.41, 5.74) is 29.4. The minimum atomic E-state index is -0.164. The van der Waals surface area contributed by atoms with E-state index in [4.69, 9.17) is 0 Å². The van der Waals surface area contributed by atoms with Gasteiger partial charge in [-0.05, 0) is 202 Å². The molecule has 0 bridgehead atoms. The van der Waals surface area contributed by atoms with Crippen molar-refractivity contribution in [3.8, 4) is 55.6 Å². The highest BCUT2D eigenvalue weighted by atomic mass is 32.1. The van der Waals surface area contributed by atoms with Gasteiger partial charge in [0.25, 0.3) is 0 Å². The molecule has 12 aromatic carbocycles. The van der Waals surface area contributed by atoms with Crippen molar-refractivity contribution in [3.05, 3.63) is 287 Å². The topological polar surface area (TPSA) is 6.48 Å². The van der Waals surface area contributed by atoms with Gasteiger partial charge in [-0.25, -0.2) is 0 Å². The average Bonchev–Trinajstić information content (AvgIpc) is 1.73. The summed E-state index contributed by atoms with van der Waals surface area (Å²) in [5, 5.41) is 5.22. The SMILES string of the molecule is Cc1cc(-c2ccc(N(c3ccc4c(c3)C(C)(C)c3ccccc3-4)c3c(C)cccc3-c3ccc4sc5ccccc5c4c3)c(C)c2)ccc1N(c1ccc2c(c1)C(C)(C)c1ccccc1-2)c1c(C)cccc1-c1ccc2sc3ccccc3c2c1. The molecule has 2 aromatic heterocycles. The minimum absolute atomic E-state index is 0.164. The van der Waals surface area contributed by atoms with Crippen molar-refractivity contribution in [1.29, 1.82) is 0 Å². The van der Waals surface area contributed by atoms with Crippen molar-refractivity contribution < 1.29 is 0 Å². The maximum absolute atomic E-state index is 2.56. The van der Waals surface area contributed by atoms with Gasteiger partial charge in [-0.15, -0.1) is 22.7 Å². The Morgan fingerprint density at radius 2 is 0.640 bits per heavy atom. The first-order valence-corrected chi connectivity index (χ1v) is 31.8. The fourth-order valence-electron chi connectivity index (χ4n) is 14.8. The van der Waals surface area contributed by atoms with E-state index in [9.17, 15) is 0 Å². The fourth-order valence-corrected chi connectivity index (χ4v) is 16.9. The highest BCUT2D eigenvalue weighted by Gasteiger charge is 2.38. The number of fused-ring (bicyclic) bond motifs is 12. The number of nitrogens with zero attached hydrogens (tertiary/aromatic N) is 2. The van der Waals surface area contributed by atoms with Crippen molar-refractivity contribution in [2.45, 2.75) is 66.2 Å². The number of hydrogen-bond donors (Lipinski definition) is 0. The van der Waals surface area contributed by atoms with Crippen LogP contribution >= 0.6 is 22.7 Å². The lowest BCUT2D eigenvalue weighted by Crippen LogP contribution is -2.18. The van der Waals surface area contributed by atoms with Crippen LogP contribution in [0, 0.1) is 27.7 Å².